The lowest BCUT2D eigenvalue weighted by Gasteiger charge is -2.09. The predicted octanol–water partition coefficient (Wildman–Crippen LogP) is 14.7. The lowest BCUT2D eigenvalue weighted by atomic mass is 9.96. The second-order valence-electron chi connectivity index (χ2n) is 13.5. The van der Waals surface area contributed by atoms with E-state index in [9.17, 15) is 0 Å². The topological polar surface area (TPSA) is 18.1 Å². The van der Waals surface area contributed by atoms with Crippen molar-refractivity contribution in [1.29, 1.82) is 0 Å². The Hall–Kier alpha value is -6.64. The minimum Gasteiger partial charge on any atom is -0.456 e. The molecule has 2 heterocycles. The van der Waals surface area contributed by atoms with E-state index in [2.05, 4.69) is 193 Å². The first-order valence-electron chi connectivity index (χ1n) is 18.5. The summed E-state index contributed by atoms with van der Waals surface area (Å²) in [7, 11) is 0. The monoisotopic (exact) mass is 681 g/mol. The largest absolute Gasteiger partial charge is 0.456 e. The van der Waals surface area contributed by atoms with Crippen LogP contribution in [0.4, 0.5) is 0 Å². The van der Waals surface area contributed by atoms with Crippen molar-refractivity contribution in [1.82, 2.24) is 4.57 Å². The number of hydrogen-bond acceptors (Lipinski definition) is 1. The minimum atomic E-state index is 0.889. The van der Waals surface area contributed by atoms with Crippen LogP contribution in [0.15, 0.2) is 186 Å². The molecule has 0 saturated heterocycles. The van der Waals surface area contributed by atoms with E-state index in [1.807, 2.05) is 13.8 Å². The van der Waals surface area contributed by atoms with E-state index in [0.29, 0.717) is 0 Å². The molecule has 2 aromatic heterocycles. The van der Waals surface area contributed by atoms with E-state index >= 15 is 0 Å². The Morgan fingerprint density at radius 2 is 0.774 bits per heavy atom. The van der Waals surface area contributed by atoms with Crippen molar-refractivity contribution in [2.75, 3.05) is 0 Å². The fraction of sp³-hybridized carbons (Fsp3) is 0.0588. The molecule has 2 heteroatoms. The van der Waals surface area contributed by atoms with Gasteiger partial charge in [0.25, 0.3) is 0 Å². The molecule has 10 rings (SSSR count). The van der Waals surface area contributed by atoms with Gasteiger partial charge in [0.2, 0.25) is 0 Å². The van der Waals surface area contributed by atoms with Gasteiger partial charge in [0.05, 0.1) is 11.0 Å². The zero-order valence-corrected chi connectivity index (χ0v) is 30.2. The summed E-state index contributed by atoms with van der Waals surface area (Å²) in [5, 5.41) is 4.74. The molecule has 0 unspecified atom stereocenters. The van der Waals surface area contributed by atoms with Gasteiger partial charge in [0.15, 0.2) is 0 Å². The summed E-state index contributed by atoms with van der Waals surface area (Å²) >= 11 is 0. The number of aryl methyl sites for hydroxylation is 1. The Balaban J connectivity index is 0.00000183. The van der Waals surface area contributed by atoms with Crippen molar-refractivity contribution >= 4 is 43.7 Å². The van der Waals surface area contributed by atoms with Crippen LogP contribution in [0.1, 0.15) is 19.4 Å². The third-order valence-corrected chi connectivity index (χ3v) is 10.2. The fourth-order valence-electron chi connectivity index (χ4n) is 7.70. The molecule has 10 aromatic rings. The van der Waals surface area contributed by atoms with E-state index in [-0.39, 0.29) is 0 Å². The maximum Gasteiger partial charge on any atom is 0.135 e. The van der Waals surface area contributed by atoms with E-state index in [1.165, 1.54) is 66.3 Å². The average Bonchev–Trinajstić information content (AvgIpc) is 3.76. The SMILES string of the molecule is CC.Cc1ccc2c(c1)c1cc(-c3ccccc3)ccc1n2-c1ccc2oc3ccc(-c4cccc(-c5cccc(-c6ccccc6)c5)c4)cc3c2c1. The Kier molecular flexibility index (Phi) is 8.21. The van der Waals surface area contributed by atoms with Gasteiger partial charge in [-0.2, -0.15) is 0 Å². The van der Waals surface area contributed by atoms with Gasteiger partial charge in [-0.3, -0.25) is 0 Å². The molecule has 2 nitrogen and oxygen atoms in total. The molecule has 8 aromatic carbocycles. The molecular weight excluding hydrogens is 643 g/mol. The van der Waals surface area contributed by atoms with Crippen LogP contribution in [0.3, 0.4) is 0 Å². The Morgan fingerprint density at radius 1 is 0.340 bits per heavy atom. The van der Waals surface area contributed by atoms with E-state index < -0.39 is 0 Å². The number of benzene rings is 8. The second-order valence-corrected chi connectivity index (χ2v) is 13.5. The number of hydrogen-bond donors (Lipinski definition) is 0. The maximum atomic E-state index is 6.41. The quantitative estimate of drug-likeness (QED) is 0.177. The van der Waals surface area contributed by atoms with Crippen LogP contribution in [-0.2, 0) is 0 Å². The van der Waals surface area contributed by atoms with Crippen LogP contribution >= 0.6 is 0 Å². The highest BCUT2D eigenvalue weighted by Gasteiger charge is 2.16. The van der Waals surface area contributed by atoms with Gasteiger partial charge in [-0.1, -0.05) is 135 Å². The maximum absolute atomic E-state index is 6.41. The molecule has 0 atom stereocenters. The third-order valence-electron chi connectivity index (χ3n) is 10.2. The first kappa shape index (κ1) is 32.3. The number of furan rings is 1. The van der Waals surface area contributed by atoms with Gasteiger partial charge < -0.3 is 8.98 Å². The summed E-state index contributed by atoms with van der Waals surface area (Å²) in [6, 6.07) is 65.6. The predicted molar refractivity (Wildman–Crippen MR) is 226 cm³/mol. The molecule has 0 fully saturated rings. The van der Waals surface area contributed by atoms with Crippen molar-refractivity contribution < 1.29 is 4.42 Å². The summed E-state index contributed by atoms with van der Waals surface area (Å²) in [6.07, 6.45) is 0. The average molecular weight is 682 g/mol. The first-order chi connectivity index (χ1) is 26.2. The van der Waals surface area contributed by atoms with Gasteiger partial charge >= 0.3 is 0 Å². The fourth-order valence-corrected chi connectivity index (χ4v) is 7.70. The van der Waals surface area contributed by atoms with E-state index in [1.54, 1.807) is 0 Å². The first-order valence-corrected chi connectivity index (χ1v) is 18.5. The molecular formula is C51H39NO. The molecule has 0 aliphatic heterocycles. The molecule has 0 spiro atoms. The van der Waals surface area contributed by atoms with Crippen LogP contribution in [-0.4, -0.2) is 4.57 Å². The zero-order chi connectivity index (χ0) is 35.9. The van der Waals surface area contributed by atoms with Crippen LogP contribution in [0.25, 0.3) is 93.9 Å². The lowest BCUT2D eigenvalue weighted by Crippen LogP contribution is -1.93. The van der Waals surface area contributed by atoms with Crippen molar-refractivity contribution in [3.63, 3.8) is 0 Å². The van der Waals surface area contributed by atoms with Crippen molar-refractivity contribution in [3.8, 4) is 50.2 Å². The van der Waals surface area contributed by atoms with Crippen LogP contribution < -0.4 is 0 Å². The van der Waals surface area contributed by atoms with E-state index in [4.69, 9.17) is 4.42 Å². The minimum absolute atomic E-state index is 0.889. The summed E-state index contributed by atoms with van der Waals surface area (Å²) in [4.78, 5) is 0. The van der Waals surface area contributed by atoms with Crippen LogP contribution in [0.5, 0.6) is 0 Å². The summed E-state index contributed by atoms with van der Waals surface area (Å²) < 4.78 is 8.81. The summed E-state index contributed by atoms with van der Waals surface area (Å²) in [6.45, 7) is 6.17. The molecule has 0 N–H and O–H groups in total. The molecule has 0 radical (unpaired) electrons. The van der Waals surface area contributed by atoms with Gasteiger partial charge in [0, 0.05) is 27.2 Å². The van der Waals surface area contributed by atoms with Gasteiger partial charge in [-0.15, -0.1) is 0 Å². The second kappa shape index (κ2) is 13.5. The molecule has 0 amide bonds. The van der Waals surface area contributed by atoms with Gasteiger partial charge in [-0.25, -0.2) is 0 Å². The van der Waals surface area contributed by atoms with Crippen molar-refractivity contribution in [2.45, 2.75) is 20.8 Å². The Morgan fingerprint density at radius 3 is 1.40 bits per heavy atom. The molecule has 0 saturated carbocycles. The Labute approximate surface area is 310 Å². The molecule has 254 valence electrons. The molecule has 0 bridgehead atoms. The Bertz CT molecular complexity index is 2910. The van der Waals surface area contributed by atoms with Gasteiger partial charge in [-0.05, 0) is 118 Å². The smallest absolute Gasteiger partial charge is 0.135 e. The van der Waals surface area contributed by atoms with Crippen LogP contribution in [0.2, 0.25) is 0 Å². The highest BCUT2D eigenvalue weighted by atomic mass is 16.3. The van der Waals surface area contributed by atoms with E-state index in [0.717, 1.165) is 33.2 Å². The summed E-state index contributed by atoms with van der Waals surface area (Å²) in [5.74, 6) is 0. The number of rotatable bonds is 5. The normalized spacial score (nSPS) is 11.3. The zero-order valence-electron chi connectivity index (χ0n) is 30.2. The highest BCUT2D eigenvalue weighted by Crippen LogP contribution is 2.39. The number of nitrogens with zero attached hydrogens (tertiary/aromatic N) is 1. The molecule has 0 aliphatic carbocycles. The van der Waals surface area contributed by atoms with Crippen molar-refractivity contribution in [3.05, 3.63) is 188 Å². The van der Waals surface area contributed by atoms with Crippen LogP contribution in [0, 0.1) is 6.92 Å². The highest BCUT2D eigenvalue weighted by molar-refractivity contribution is 6.12. The van der Waals surface area contributed by atoms with Crippen molar-refractivity contribution in [2.24, 2.45) is 0 Å². The number of aromatic nitrogens is 1. The number of fused-ring (bicyclic) bond motifs is 6. The standard InChI is InChI=1S/C49H33NO.C2H6/c1-32-18-22-46-42(26-32)43-29-39(34-12-6-3-7-13-34)19-23-47(43)50(46)41-21-25-49-45(31-41)44-30-40(20-24-48(44)51-49)38-17-9-16-37(28-38)36-15-8-14-35(27-36)33-10-4-2-5-11-33;1-2/h2-31H,1H3;1-2H3. The third kappa shape index (κ3) is 5.79. The molecule has 53 heavy (non-hydrogen) atoms. The lowest BCUT2D eigenvalue weighted by molar-refractivity contribution is 0.669. The molecule has 0 aliphatic rings. The van der Waals surface area contributed by atoms with Gasteiger partial charge in [0.1, 0.15) is 11.2 Å². The summed E-state index contributed by atoms with van der Waals surface area (Å²) in [5.41, 5.74) is 16.2.